The maximum absolute atomic E-state index is 12.4. The van der Waals surface area contributed by atoms with E-state index in [9.17, 15) is 9.59 Å². The van der Waals surface area contributed by atoms with Crippen LogP contribution in [0.25, 0.3) is 0 Å². The normalized spacial score (nSPS) is 21.5. The lowest BCUT2D eigenvalue weighted by atomic mass is 9.88. The number of carbonyl (C=O) groups is 2. The number of hydrogen-bond acceptors (Lipinski definition) is 4. The van der Waals surface area contributed by atoms with Crippen LogP contribution in [0.2, 0.25) is 0 Å². The molecule has 2 rings (SSSR count). The van der Waals surface area contributed by atoms with E-state index in [1.54, 1.807) is 13.8 Å². The summed E-state index contributed by atoms with van der Waals surface area (Å²) in [5.41, 5.74) is 7.09. The summed E-state index contributed by atoms with van der Waals surface area (Å²) >= 11 is 0. The van der Waals surface area contributed by atoms with Crippen LogP contribution in [0.15, 0.2) is 18.5 Å². The number of carbonyl (C=O) groups excluding carboxylic acids is 2. The highest BCUT2D eigenvalue weighted by Crippen LogP contribution is 2.20. The van der Waals surface area contributed by atoms with Crippen LogP contribution in [0.5, 0.6) is 0 Å². The number of nitrogens with zero attached hydrogens (tertiary/aromatic N) is 2. The Morgan fingerprint density at radius 1 is 1.20 bits per heavy atom. The number of aryl methyl sites for hydroxylation is 2. The Balaban J connectivity index is 2.19. The zero-order chi connectivity index (χ0) is 14.7. The minimum Gasteiger partial charge on any atom is -0.369 e. The Labute approximate surface area is 117 Å². The molecule has 0 bridgehead atoms. The van der Waals surface area contributed by atoms with Crippen LogP contribution in [-0.2, 0) is 4.79 Å². The summed E-state index contributed by atoms with van der Waals surface area (Å²) in [7, 11) is 0. The molecule has 1 aromatic heterocycles. The lowest BCUT2D eigenvalue weighted by molar-refractivity contribution is -0.122. The Morgan fingerprint density at radius 2 is 1.80 bits per heavy atom. The molecule has 6 heteroatoms. The van der Waals surface area contributed by atoms with Crippen LogP contribution in [-0.4, -0.2) is 27.8 Å². The molecule has 106 valence electrons. The molecule has 0 aliphatic heterocycles. The molecule has 1 heterocycles. The first-order valence-electron chi connectivity index (χ1n) is 6.54. The molecular formula is C14H18N4O2. The van der Waals surface area contributed by atoms with Gasteiger partial charge in [0.1, 0.15) is 6.33 Å². The Morgan fingerprint density at radius 3 is 2.40 bits per heavy atom. The fraction of sp³-hybridized carbons (Fsp3) is 0.429. The van der Waals surface area contributed by atoms with Gasteiger partial charge in [-0.1, -0.05) is 12.2 Å². The molecule has 0 aromatic carbocycles. The fourth-order valence-corrected chi connectivity index (χ4v) is 2.45. The van der Waals surface area contributed by atoms with Gasteiger partial charge in [-0.25, -0.2) is 9.97 Å². The SMILES string of the molecule is Cc1ncnc(C)c1C(=O)N[C@@H]1CC=CC[C@H]1C(N)=O. The van der Waals surface area contributed by atoms with Gasteiger partial charge in [0.15, 0.2) is 0 Å². The first-order valence-corrected chi connectivity index (χ1v) is 6.54. The van der Waals surface area contributed by atoms with E-state index in [2.05, 4.69) is 15.3 Å². The second-order valence-electron chi connectivity index (χ2n) is 4.95. The van der Waals surface area contributed by atoms with Crippen molar-refractivity contribution in [3.8, 4) is 0 Å². The van der Waals surface area contributed by atoms with Crippen molar-refractivity contribution in [1.29, 1.82) is 0 Å². The van der Waals surface area contributed by atoms with Crippen LogP contribution in [0.1, 0.15) is 34.6 Å². The molecule has 6 nitrogen and oxygen atoms in total. The molecular weight excluding hydrogens is 256 g/mol. The van der Waals surface area contributed by atoms with Crippen molar-refractivity contribution < 1.29 is 9.59 Å². The lowest BCUT2D eigenvalue weighted by Gasteiger charge is -2.27. The van der Waals surface area contributed by atoms with E-state index in [0.717, 1.165) is 0 Å². The van der Waals surface area contributed by atoms with E-state index in [-0.39, 0.29) is 17.9 Å². The van der Waals surface area contributed by atoms with Crippen molar-refractivity contribution in [3.63, 3.8) is 0 Å². The van der Waals surface area contributed by atoms with Gasteiger partial charge in [-0.15, -0.1) is 0 Å². The molecule has 3 N–H and O–H groups in total. The predicted octanol–water partition coefficient (Wildman–Crippen LogP) is 0.643. The van der Waals surface area contributed by atoms with Crippen LogP contribution >= 0.6 is 0 Å². The molecule has 0 unspecified atom stereocenters. The summed E-state index contributed by atoms with van der Waals surface area (Å²) in [4.78, 5) is 31.8. The van der Waals surface area contributed by atoms with Crippen molar-refractivity contribution in [3.05, 3.63) is 35.4 Å². The minimum absolute atomic E-state index is 0.257. The van der Waals surface area contributed by atoms with Crippen molar-refractivity contribution in [2.75, 3.05) is 0 Å². The molecule has 1 aliphatic carbocycles. The highest BCUT2D eigenvalue weighted by atomic mass is 16.2. The third-order valence-electron chi connectivity index (χ3n) is 3.57. The van der Waals surface area contributed by atoms with E-state index >= 15 is 0 Å². The molecule has 1 aromatic rings. The summed E-state index contributed by atoms with van der Waals surface area (Å²) < 4.78 is 0. The first kappa shape index (κ1) is 14.2. The van der Waals surface area contributed by atoms with Crippen molar-refractivity contribution in [1.82, 2.24) is 15.3 Å². The summed E-state index contributed by atoms with van der Waals surface area (Å²) in [6.45, 7) is 3.52. The van der Waals surface area contributed by atoms with Crippen molar-refractivity contribution in [2.24, 2.45) is 11.7 Å². The fourth-order valence-electron chi connectivity index (χ4n) is 2.45. The van der Waals surface area contributed by atoms with Crippen LogP contribution < -0.4 is 11.1 Å². The molecule has 1 aliphatic rings. The standard InChI is InChI=1S/C14H18N4O2/c1-8-12(9(2)17-7-16-8)14(20)18-11-6-4-3-5-10(11)13(15)19/h3-4,7,10-11H,5-6H2,1-2H3,(H2,15,19)(H,18,20)/t10-,11-/m1/s1. The Kier molecular flexibility index (Phi) is 4.12. The number of primary amides is 1. The maximum atomic E-state index is 12.4. The third kappa shape index (κ3) is 2.84. The van der Waals surface area contributed by atoms with Gasteiger partial charge in [0.25, 0.3) is 5.91 Å². The number of allylic oxidation sites excluding steroid dienone is 1. The van der Waals surface area contributed by atoms with Crippen LogP contribution in [0.3, 0.4) is 0 Å². The average molecular weight is 274 g/mol. The monoisotopic (exact) mass is 274 g/mol. The molecule has 2 atom stereocenters. The van der Waals surface area contributed by atoms with E-state index < -0.39 is 5.91 Å². The van der Waals surface area contributed by atoms with Crippen molar-refractivity contribution >= 4 is 11.8 Å². The van der Waals surface area contributed by atoms with Gasteiger partial charge in [0.05, 0.1) is 22.9 Å². The maximum Gasteiger partial charge on any atom is 0.255 e. The zero-order valence-electron chi connectivity index (χ0n) is 11.6. The van der Waals surface area contributed by atoms with Crippen LogP contribution in [0, 0.1) is 19.8 Å². The average Bonchev–Trinajstić information content (AvgIpc) is 2.38. The lowest BCUT2D eigenvalue weighted by Crippen LogP contribution is -2.46. The number of nitrogens with one attached hydrogen (secondary N) is 1. The molecule has 0 saturated carbocycles. The Bertz CT molecular complexity index is 548. The van der Waals surface area contributed by atoms with Gasteiger partial charge in [0, 0.05) is 6.04 Å². The van der Waals surface area contributed by atoms with Gasteiger partial charge in [0.2, 0.25) is 5.91 Å². The molecule has 2 amide bonds. The highest BCUT2D eigenvalue weighted by molar-refractivity contribution is 5.96. The highest BCUT2D eigenvalue weighted by Gasteiger charge is 2.29. The largest absolute Gasteiger partial charge is 0.369 e. The predicted molar refractivity (Wildman–Crippen MR) is 73.8 cm³/mol. The quantitative estimate of drug-likeness (QED) is 0.790. The van der Waals surface area contributed by atoms with Gasteiger partial charge in [-0.2, -0.15) is 0 Å². The number of amides is 2. The number of aromatic nitrogens is 2. The Hall–Kier alpha value is -2.24. The zero-order valence-corrected chi connectivity index (χ0v) is 11.6. The second kappa shape index (κ2) is 5.81. The first-order chi connectivity index (χ1) is 9.50. The van der Waals surface area contributed by atoms with Crippen LogP contribution in [0.4, 0.5) is 0 Å². The molecule has 0 fully saturated rings. The third-order valence-corrected chi connectivity index (χ3v) is 3.57. The van der Waals surface area contributed by atoms with E-state index in [4.69, 9.17) is 5.73 Å². The van der Waals surface area contributed by atoms with Gasteiger partial charge < -0.3 is 11.1 Å². The summed E-state index contributed by atoms with van der Waals surface area (Å²) in [6.07, 6.45) is 6.46. The summed E-state index contributed by atoms with van der Waals surface area (Å²) in [5, 5.41) is 2.88. The number of nitrogens with two attached hydrogens (primary N) is 1. The van der Waals surface area contributed by atoms with Gasteiger partial charge in [-0.3, -0.25) is 9.59 Å². The minimum atomic E-state index is -0.391. The summed E-state index contributed by atoms with van der Waals surface area (Å²) in [5.74, 6) is -1.02. The van der Waals surface area contributed by atoms with E-state index in [1.165, 1.54) is 6.33 Å². The number of rotatable bonds is 3. The van der Waals surface area contributed by atoms with Crippen molar-refractivity contribution in [2.45, 2.75) is 32.7 Å². The molecule has 0 spiro atoms. The van der Waals surface area contributed by atoms with E-state index in [1.807, 2.05) is 12.2 Å². The smallest absolute Gasteiger partial charge is 0.255 e. The molecule has 0 radical (unpaired) electrons. The number of hydrogen-bond donors (Lipinski definition) is 2. The summed E-state index contributed by atoms with van der Waals surface area (Å²) in [6, 6.07) is -0.274. The second-order valence-corrected chi connectivity index (χ2v) is 4.95. The van der Waals surface area contributed by atoms with E-state index in [0.29, 0.717) is 29.8 Å². The topological polar surface area (TPSA) is 98.0 Å². The molecule has 20 heavy (non-hydrogen) atoms. The van der Waals surface area contributed by atoms with Gasteiger partial charge in [-0.05, 0) is 26.7 Å². The molecule has 0 saturated heterocycles. The van der Waals surface area contributed by atoms with Gasteiger partial charge >= 0.3 is 0 Å².